The standard InChI is InChI=1S/C27H28ClN3O5/c1-16-29-30-27(35-16)25-13-21-23(3-2-4-24(21)36-25)34-15-20(32)14-31-8-5-17(6-9-31)19-11-18-7-10-33-26(18)22(28)12-19/h2-4,11-13,17,20,32H,5-10,14-15H2,1H3/t20-/m0/s1. The van der Waals surface area contributed by atoms with Crippen LogP contribution in [0.1, 0.15) is 35.8 Å². The highest BCUT2D eigenvalue weighted by atomic mass is 35.5. The molecule has 0 aliphatic carbocycles. The Labute approximate surface area is 213 Å². The molecule has 2 aromatic carbocycles. The molecule has 4 aromatic rings. The van der Waals surface area contributed by atoms with Crippen LogP contribution >= 0.6 is 11.6 Å². The molecule has 2 aliphatic heterocycles. The molecule has 0 bridgehead atoms. The normalized spacial score (nSPS) is 17.3. The molecule has 1 N–H and O–H groups in total. The second-order valence-corrected chi connectivity index (χ2v) is 9.94. The van der Waals surface area contributed by atoms with Gasteiger partial charge in [0.1, 0.15) is 29.8 Å². The maximum atomic E-state index is 10.7. The van der Waals surface area contributed by atoms with Gasteiger partial charge in [-0.2, -0.15) is 0 Å². The zero-order valence-corrected chi connectivity index (χ0v) is 20.8. The SMILES string of the molecule is Cc1nnc(-c2cc3c(OC[C@@H](O)CN4CCC(c5cc(Cl)c6c(c5)CCO6)CC4)cccc3o2)o1. The number of hydrogen-bond donors (Lipinski definition) is 1. The summed E-state index contributed by atoms with van der Waals surface area (Å²) in [5, 5.41) is 20.1. The van der Waals surface area contributed by atoms with Gasteiger partial charge in [0, 0.05) is 26.0 Å². The minimum Gasteiger partial charge on any atom is -0.491 e. The maximum Gasteiger partial charge on any atom is 0.283 e. The lowest BCUT2D eigenvalue weighted by molar-refractivity contribution is 0.0599. The first-order chi connectivity index (χ1) is 17.5. The van der Waals surface area contributed by atoms with Crippen LogP contribution in [0.5, 0.6) is 11.5 Å². The van der Waals surface area contributed by atoms with Crippen molar-refractivity contribution < 1.29 is 23.4 Å². The fourth-order valence-corrected chi connectivity index (χ4v) is 5.47. The summed E-state index contributed by atoms with van der Waals surface area (Å²) in [6, 6.07) is 11.7. The second kappa shape index (κ2) is 9.76. The van der Waals surface area contributed by atoms with Crippen molar-refractivity contribution in [2.24, 2.45) is 0 Å². The minimum atomic E-state index is -0.603. The zero-order chi connectivity index (χ0) is 24.6. The first-order valence-corrected chi connectivity index (χ1v) is 12.7. The van der Waals surface area contributed by atoms with E-state index in [1.807, 2.05) is 24.3 Å². The molecule has 4 heterocycles. The third-order valence-electron chi connectivity index (χ3n) is 6.98. The quantitative estimate of drug-likeness (QED) is 0.372. The number of ether oxygens (including phenoxy) is 2. The van der Waals surface area contributed by atoms with Gasteiger partial charge >= 0.3 is 0 Å². The van der Waals surface area contributed by atoms with Crippen molar-refractivity contribution in [3.05, 3.63) is 58.4 Å². The molecule has 1 atom stereocenters. The van der Waals surface area contributed by atoms with E-state index in [1.54, 1.807) is 6.92 Å². The van der Waals surface area contributed by atoms with Crippen molar-refractivity contribution in [2.75, 3.05) is 32.8 Å². The topological polar surface area (TPSA) is 94.0 Å². The fraction of sp³-hybridized carbons (Fsp3) is 0.407. The number of hydrogen-bond acceptors (Lipinski definition) is 8. The lowest BCUT2D eigenvalue weighted by Gasteiger charge is -2.33. The van der Waals surface area contributed by atoms with E-state index in [-0.39, 0.29) is 6.61 Å². The van der Waals surface area contributed by atoms with Gasteiger partial charge in [0.25, 0.3) is 5.89 Å². The summed E-state index contributed by atoms with van der Waals surface area (Å²) in [4.78, 5) is 2.30. The predicted molar refractivity (Wildman–Crippen MR) is 135 cm³/mol. The highest BCUT2D eigenvalue weighted by Gasteiger charge is 2.25. The lowest BCUT2D eigenvalue weighted by atomic mass is 9.88. The van der Waals surface area contributed by atoms with E-state index >= 15 is 0 Å². The Morgan fingerprint density at radius 2 is 2.03 bits per heavy atom. The highest BCUT2D eigenvalue weighted by molar-refractivity contribution is 6.32. The Morgan fingerprint density at radius 1 is 1.17 bits per heavy atom. The van der Waals surface area contributed by atoms with E-state index in [9.17, 15) is 5.11 Å². The largest absolute Gasteiger partial charge is 0.491 e. The number of rotatable bonds is 7. The maximum absolute atomic E-state index is 10.7. The minimum absolute atomic E-state index is 0.194. The molecule has 0 spiro atoms. The number of benzene rings is 2. The zero-order valence-electron chi connectivity index (χ0n) is 20.1. The van der Waals surface area contributed by atoms with E-state index in [0.717, 1.165) is 48.5 Å². The Balaban J connectivity index is 1.04. The summed E-state index contributed by atoms with van der Waals surface area (Å²) >= 11 is 6.45. The highest BCUT2D eigenvalue weighted by Crippen LogP contribution is 2.39. The Bertz CT molecular complexity index is 1380. The Morgan fingerprint density at radius 3 is 2.83 bits per heavy atom. The summed E-state index contributed by atoms with van der Waals surface area (Å²) in [6.45, 7) is 5.06. The van der Waals surface area contributed by atoms with E-state index < -0.39 is 6.10 Å². The number of aliphatic hydroxyl groups excluding tert-OH is 1. The van der Waals surface area contributed by atoms with E-state index in [4.69, 9.17) is 29.9 Å². The van der Waals surface area contributed by atoms with Crippen molar-refractivity contribution >= 4 is 22.6 Å². The number of likely N-dealkylation sites (tertiary alicyclic amines) is 1. The van der Waals surface area contributed by atoms with Crippen LogP contribution < -0.4 is 9.47 Å². The average Bonchev–Trinajstić information content (AvgIpc) is 3.62. The van der Waals surface area contributed by atoms with Gasteiger partial charge in [-0.15, -0.1) is 10.2 Å². The van der Waals surface area contributed by atoms with E-state index in [1.165, 1.54) is 11.1 Å². The number of halogens is 1. The van der Waals surface area contributed by atoms with Crippen LogP contribution in [0.15, 0.2) is 45.2 Å². The summed E-state index contributed by atoms with van der Waals surface area (Å²) in [5.74, 6) is 3.27. The molecule has 188 valence electrons. The molecular weight excluding hydrogens is 482 g/mol. The van der Waals surface area contributed by atoms with Gasteiger partial charge in [0.05, 0.1) is 17.0 Å². The molecule has 8 nitrogen and oxygen atoms in total. The van der Waals surface area contributed by atoms with Crippen LogP contribution in [-0.4, -0.2) is 59.2 Å². The molecule has 0 radical (unpaired) electrons. The second-order valence-electron chi connectivity index (χ2n) is 9.53. The summed E-state index contributed by atoms with van der Waals surface area (Å²) in [5.41, 5.74) is 3.18. The molecule has 6 rings (SSSR count). The van der Waals surface area contributed by atoms with Gasteiger partial charge in [0.15, 0.2) is 5.76 Å². The number of nitrogens with zero attached hydrogens (tertiary/aromatic N) is 3. The molecule has 0 unspecified atom stereocenters. The first-order valence-electron chi connectivity index (χ1n) is 12.3. The monoisotopic (exact) mass is 509 g/mol. The molecule has 0 amide bonds. The molecular formula is C27H28ClN3O5. The number of fused-ring (bicyclic) bond motifs is 2. The number of furan rings is 1. The molecule has 9 heteroatoms. The number of β-amino-alcohol motifs (C(OH)–C–C–N with tert-alkyl or cyclic N) is 1. The molecule has 1 saturated heterocycles. The van der Waals surface area contributed by atoms with E-state index in [0.29, 0.717) is 47.9 Å². The van der Waals surface area contributed by atoms with Crippen LogP contribution in [0.25, 0.3) is 22.6 Å². The van der Waals surface area contributed by atoms with Crippen molar-refractivity contribution in [3.63, 3.8) is 0 Å². The van der Waals surface area contributed by atoms with Gasteiger partial charge in [-0.05, 0) is 61.2 Å². The van der Waals surface area contributed by atoms with Crippen LogP contribution in [0.4, 0.5) is 0 Å². The third-order valence-corrected chi connectivity index (χ3v) is 7.26. The van der Waals surface area contributed by atoms with Gasteiger partial charge in [-0.1, -0.05) is 23.7 Å². The molecule has 36 heavy (non-hydrogen) atoms. The summed E-state index contributed by atoms with van der Waals surface area (Å²) in [7, 11) is 0. The van der Waals surface area contributed by atoms with Gasteiger partial charge in [-0.3, -0.25) is 0 Å². The average molecular weight is 510 g/mol. The van der Waals surface area contributed by atoms with Gasteiger partial charge in [-0.25, -0.2) is 0 Å². The Kier molecular flexibility index (Phi) is 6.33. The molecule has 2 aliphatic rings. The van der Waals surface area contributed by atoms with E-state index in [2.05, 4.69) is 27.2 Å². The number of piperidine rings is 1. The molecule has 0 saturated carbocycles. The first kappa shape index (κ1) is 23.3. The predicted octanol–water partition coefficient (Wildman–Crippen LogP) is 5.00. The smallest absolute Gasteiger partial charge is 0.283 e. The Hall–Kier alpha value is -3.07. The van der Waals surface area contributed by atoms with Crippen molar-refractivity contribution in [2.45, 2.75) is 38.2 Å². The number of aromatic nitrogens is 2. The van der Waals surface area contributed by atoms with Crippen LogP contribution in [0, 0.1) is 6.92 Å². The molecule has 2 aromatic heterocycles. The summed E-state index contributed by atoms with van der Waals surface area (Å²) < 4.78 is 23.0. The number of aryl methyl sites for hydroxylation is 1. The summed E-state index contributed by atoms with van der Waals surface area (Å²) in [6.07, 6.45) is 2.40. The molecule has 1 fully saturated rings. The van der Waals surface area contributed by atoms with Crippen molar-refractivity contribution in [3.8, 4) is 23.1 Å². The van der Waals surface area contributed by atoms with Crippen LogP contribution in [0.2, 0.25) is 5.02 Å². The lowest BCUT2D eigenvalue weighted by Crippen LogP contribution is -2.40. The third kappa shape index (κ3) is 4.68. The van der Waals surface area contributed by atoms with Crippen LogP contribution in [0.3, 0.4) is 0 Å². The van der Waals surface area contributed by atoms with Gasteiger partial charge < -0.3 is 28.3 Å². The van der Waals surface area contributed by atoms with Crippen LogP contribution in [-0.2, 0) is 6.42 Å². The number of aliphatic hydroxyl groups is 1. The fourth-order valence-electron chi connectivity index (χ4n) is 5.17. The van der Waals surface area contributed by atoms with Crippen molar-refractivity contribution in [1.29, 1.82) is 0 Å². The van der Waals surface area contributed by atoms with Crippen molar-refractivity contribution in [1.82, 2.24) is 15.1 Å². The van der Waals surface area contributed by atoms with Gasteiger partial charge in [0.2, 0.25) is 5.89 Å².